The van der Waals surface area contributed by atoms with Crippen molar-refractivity contribution in [2.24, 2.45) is 5.92 Å². The highest BCUT2D eigenvalue weighted by Crippen LogP contribution is 2.39. The average Bonchev–Trinajstić information content (AvgIpc) is 3.49. The molecule has 0 bridgehead atoms. The summed E-state index contributed by atoms with van der Waals surface area (Å²) in [6.07, 6.45) is 6.07. The maximum atomic E-state index is 15.8. The molecule has 1 aliphatic heterocycles. The number of aromatic nitrogens is 2. The minimum absolute atomic E-state index is 0.00425. The monoisotopic (exact) mass is 486 g/mol. The second-order valence-corrected chi connectivity index (χ2v) is 9.24. The molecule has 2 fully saturated rings. The van der Waals surface area contributed by atoms with Crippen LogP contribution < -0.4 is 10.2 Å². The van der Waals surface area contributed by atoms with E-state index in [-0.39, 0.29) is 28.4 Å². The van der Waals surface area contributed by atoms with Gasteiger partial charge in [0.1, 0.15) is 17.2 Å². The Kier molecular flexibility index (Phi) is 6.12. The summed E-state index contributed by atoms with van der Waals surface area (Å²) in [6.45, 7) is 0.455. The third-order valence-corrected chi connectivity index (χ3v) is 7.14. The van der Waals surface area contributed by atoms with Crippen LogP contribution in [0.3, 0.4) is 0 Å². The van der Waals surface area contributed by atoms with Gasteiger partial charge in [-0.15, -0.1) is 0 Å². The van der Waals surface area contributed by atoms with E-state index in [1.54, 1.807) is 11.1 Å². The SMILES string of the molecule is O=C(NC1CCC(C(=O)O)CC1)c1cnn2ccc(N3CCC[C@@H]3c3cc(F)ccc3F)c(F)c12. The Morgan fingerprint density at radius 2 is 1.83 bits per heavy atom. The van der Waals surface area contributed by atoms with Gasteiger partial charge in [0.15, 0.2) is 5.82 Å². The van der Waals surface area contributed by atoms with E-state index in [0.29, 0.717) is 45.1 Å². The van der Waals surface area contributed by atoms with E-state index in [1.165, 1.54) is 16.8 Å². The molecule has 2 aliphatic rings. The maximum absolute atomic E-state index is 15.8. The van der Waals surface area contributed by atoms with Gasteiger partial charge in [0.25, 0.3) is 5.91 Å². The molecule has 35 heavy (non-hydrogen) atoms. The van der Waals surface area contributed by atoms with Gasteiger partial charge < -0.3 is 15.3 Å². The van der Waals surface area contributed by atoms with E-state index in [1.807, 2.05) is 0 Å². The number of carboxylic acids is 1. The molecule has 1 aromatic carbocycles. The fourth-order valence-electron chi connectivity index (χ4n) is 5.31. The van der Waals surface area contributed by atoms with Gasteiger partial charge >= 0.3 is 5.97 Å². The number of pyridine rings is 1. The van der Waals surface area contributed by atoms with Crippen molar-refractivity contribution in [3.8, 4) is 0 Å². The normalized spacial score (nSPS) is 22.5. The van der Waals surface area contributed by atoms with E-state index in [0.717, 1.165) is 18.2 Å². The molecule has 0 spiro atoms. The number of hydrogen-bond acceptors (Lipinski definition) is 4. The van der Waals surface area contributed by atoms with E-state index < -0.39 is 41.3 Å². The number of nitrogens with one attached hydrogen (secondary N) is 1. The van der Waals surface area contributed by atoms with Crippen molar-refractivity contribution >= 4 is 23.1 Å². The summed E-state index contributed by atoms with van der Waals surface area (Å²) in [5, 5.41) is 16.1. The van der Waals surface area contributed by atoms with Crippen molar-refractivity contribution in [3.63, 3.8) is 0 Å². The molecular formula is C25H25F3N4O3. The van der Waals surface area contributed by atoms with Crippen LogP contribution in [-0.2, 0) is 4.79 Å². The predicted octanol–water partition coefficient (Wildman–Crippen LogP) is 4.47. The van der Waals surface area contributed by atoms with Crippen LogP contribution in [0.4, 0.5) is 18.9 Å². The molecule has 2 aromatic heterocycles. The summed E-state index contributed by atoms with van der Waals surface area (Å²) < 4.78 is 45.4. The summed E-state index contributed by atoms with van der Waals surface area (Å²) in [4.78, 5) is 25.9. The van der Waals surface area contributed by atoms with Gasteiger partial charge in [-0.05, 0) is 62.8 Å². The minimum atomic E-state index is -0.828. The number of carboxylic acid groups (broad SMARTS) is 1. The third kappa shape index (κ3) is 4.33. The van der Waals surface area contributed by atoms with Crippen LogP contribution in [-0.4, -0.2) is 39.2 Å². The number of amides is 1. The number of anilines is 1. The Labute approximate surface area is 199 Å². The van der Waals surface area contributed by atoms with Crippen LogP contribution >= 0.6 is 0 Å². The lowest BCUT2D eigenvalue weighted by atomic mass is 9.86. The zero-order valence-electron chi connectivity index (χ0n) is 18.9. The molecular weight excluding hydrogens is 461 g/mol. The summed E-state index contributed by atoms with van der Waals surface area (Å²) in [7, 11) is 0. The molecule has 2 N–H and O–H groups in total. The fourth-order valence-corrected chi connectivity index (χ4v) is 5.31. The average molecular weight is 486 g/mol. The lowest BCUT2D eigenvalue weighted by Gasteiger charge is -2.28. The van der Waals surface area contributed by atoms with Gasteiger partial charge in [-0.25, -0.2) is 17.7 Å². The molecule has 0 radical (unpaired) electrons. The second kappa shape index (κ2) is 9.24. The Bertz CT molecular complexity index is 1290. The van der Waals surface area contributed by atoms with Crippen LogP contribution in [0, 0.1) is 23.4 Å². The molecule has 3 aromatic rings. The quantitative estimate of drug-likeness (QED) is 0.556. The molecule has 1 saturated carbocycles. The van der Waals surface area contributed by atoms with Crippen molar-refractivity contribution in [2.75, 3.05) is 11.4 Å². The molecule has 10 heteroatoms. The first kappa shape index (κ1) is 23.2. The van der Waals surface area contributed by atoms with E-state index >= 15 is 4.39 Å². The fraction of sp³-hybridized carbons (Fsp3) is 0.400. The smallest absolute Gasteiger partial charge is 0.306 e. The molecule has 3 heterocycles. The molecule has 7 nitrogen and oxygen atoms in total. The molecule has 1 aliphatic carbocycles. The highest BCUT2D eigenvalue weighted by atomic mass is 19.1. The topological polar surface area (TPSA) is 86.9 Å². The maximum Gasteiger partial charge on any atom is 0.306 e. The molecule has 0 unspecified atom stereocenters. The summed E-state index contributed by atoms with van der Waals surface area (Å²) in [5.74, 6) is -3.48. The summed E-state index contributed by atoms with van der Waals surface area (Å²) >= 11 is 0. The molecule has 184 valence electrons. The zero-order chi connectivity index (χ0) is 24.7. The van der Waals surface area contributed by atoms with Gasteiger partial charge in [-0.3, -0.25) is 9.59 Å². The molecule has 1 amide bonds. The number of aliphatic carboxylic acids is 1. The van der Waals surface area contributed by atoms with E-state index in [4.69, 9.17) is 5.11 Å². The number of halogens is 3. The Morgan fingerprint density at radius 1 is 1.06 bits per heavy atom. The first-order chi connectivity index (χ1) is 16.8. The first-order valence-corrected chi connectivity index (χ1v) is 11.7. The largest absolute Gasteiger partial charge is 0.481 e. The van der Waals surface area contributed by atoms with Crippen molar-refractivity contribution in [1.29, 1.82) is 0 Å². The van der Waals surface area contributed by atoms with Gasteiger partial charge in [-0.2, -0.15) is 5.10 Å². The number of rotatable bonds is 5. The number of benzene rings is 1. The molecule has 1 atom stereocenters. The third-order valence-electron chi connectivity index (χ3n) is 7.14. The van der Waals surface area contributed by atoms with Crippen molar-refractivity contribution in [3.05, 3.63) is 65.2 Å². The van der Waals surface area contributed by atoms with Gasteiger partial charge in [0.05, 0.1) is 29.4 Å². The Hall–Kier alpha value is -3.56. The minimum Gasteiger partial charge on any atom is -0.481 e. The van der Waals surface area contributed by atoms with Gasteiger partial charge in [0, 0.05) is 24.3 Å². The Morgan fingerprint density at radius 3 is 2.57 bits per heavy atom. The van der Waals surface area contributed by atoms with Crippen LogP contribution in [0.1, 0.15) is 60.5 Å². The van der Waals surface area contributed by atoms with Crippen LogP contribution in [0.25, 0.3) is 5.52 Å². The second-order valence-electron chi connectivity index (χ2n) is 9.24. The highest BCUT2D eigenvalue weighted by molar-refractivity contribution is 6.01. The molecule has 1 saturated heterocycles. The number of fused-ring (bicyclic) bond motifs is 1. The van der Waals surface area contributed by atoms with Crippen molar-refractivity contribution in [1.82, 2.24) is 14.9 Å². The van der Waals surface area contributed by atoms with E-state index in [2.05, 4.69) is 10.4 Å². The summed E-state index contributed by atoms with van der Waals surface area (Å²) in [5.41, 5.74) is 0.437. The summed E-state index contributed by atoms with van der Waals surface area (Å²) in [6, 6.07) is 4.07. The number of hydrogen-bond donors (Lipinski definition) is 2. The van der Waals surface area contributed by atoms with Crippen LogP contribution in [0.5, 0.6) is 0 Å². The van der Waals surface area contributed by atoms with Gasteiger partial charge in [-0.1, -0.05) is 0 Å². The number of carbonyl (C=O) groups is 2. The number of nitrogens with zero attached hydrogens (tertiary/aromatic N) is 3. The number of carbonyl (C=O) groups excluding carboxylic acids is 1. The standard InChI is InChI=1S/C25H25F3N4O3/c26-15-5-8-19(27)17(12-15)20-2-1-10-31(20)21-9-11-32-23(22(21)28)18(13-29-32)24(33)30-16-6-3-14(4-7-16)25(34)35/h5,8-9,11-14,16,20H,1-4,6-7,10H2,(H,30,33)(H,34,35)/t14?,16?,20-/m1/s1. The van der Waals surface area contributed by atoms with Crippen molar-refractivity contribution in [2.45, 2.75) is 50.6 Å². The first-order valence-electron chi connectivity index (χ1n) is 11.7. The molecule has 5 rings (SSSR count). The van der Waals surface area contributed by atoms with Crippen molar-refractivity contribution < 1.29 is 27.9 Å². The van der Waals surface area contributed by atoms with Crippen LogP contribution in [0.15, 0.2) is 36.7 Å². The lowest BCUT2D eigenvalue weighted by Crippen LogP contribution is -2.38. The highest BCUT2D eigenvalue weighted by Gasteiger charge is 2.32. The predicted molar refractivity (Wildman–Crippen MR) is 122 cm³/mol. The Balaban J connectivity index is 1.42. The zero-order valence-corrected chi connectivity index (χ0v) is 18.9. The lowest BCUT2D eigenvalue weighted by molar-refractivity contribution is -0.142. The van der Waals surface area contributed by atoms with Crippen LogP contribution in [0.2, 0.25) is 0 Å². The van der Waals surface area contributed by atoms with Gasteiger partial charge in [0.2, 0.25) is 0 Å². The van der Waals surface area contributed by atoms with E-state index in [9.17, 15) is 18.4 Å².